The summed E-state index contributed by atoms with van der Waals surface area (Å²) < 4.78 is 36.2. The van der Waals surface area contributed by atoms with E-state index in [1.165, 1.54) is 49.8 Å². The van der Waals surface area contributed by atoms with Crippen LogP contribution >= 0.6 is 31.9 Å². The smallest absolute Gasteiger partial charge is 0.310 e. The van der Waals surface area contributed by atoms with Crippen LogP contribution in [0.5, 0.6) is 0 Å². The Kier molecular flexibility index (Phi) is 17.6. The standard InChI is InChI=1S/C46H50Br2N4O14/c1-22-23(9-13-34(53)60-2)44-42(48)46-29(19-40(59)66-8)25(11-15-36(55)62-4)31(50-46)21-32-27(17-38(57)64-6)24(10-14-35(54)61-3)30(49-32)20-33-28(18-39(58)65-7)26(12-16-37(56)63-5)45(51-33)41(47)43(22)52-44/h20-21,49-50H,9-19H2,1-8H3. The zero-order valence-electron chi connectivity index (χ0n) is 37.8. The van der Waals surface area contributed by atoms with Crippen LogP contribution in [0, 0.1) is 0 Å². The van der Waals surface area contributed by atoms with Crippen molar-refractivity contribution >= 4 is 118 Å². The molecule has 0 aromatic carbocycles. The van der Waals surface area contributed by atoms with Crippen molar-refractivity contribution in [2.45, 2.75) is 77.6 Å². The van der Waals surface area contributed by atoms with Crippen LogP contribution in [0.3, 0.4) is 0 Å². The highest BCUT2D eigenvalue weighted by Crippen LogP contribution is 2.45. The highest BCUT2D eigenvalue weighted by molar-refractivity contribution is 9.11. The van der Waals surface area contributed by atoms with E-state index in [1.54, 1.807) is 12.1 Å². The summed E-state index contributed by atoms with van der Waals surface area (Å²) in [5.41, 5.74) is 7.18. The Balaban J connectivity index is 2.13. The topological polar surface area (TPSA) is 241 Å². The molecular weight excluding hydrogens is 992 g/mol. The summed E-state index contributed by atoms with van der Waals surface area (Å²) in [6.45, 7) is 1.83. The molecule has 3 aromatic heterocycles. The molecule has 352 valence electrons. The molecule has 2 aliphatic rings. The van der Waals surface area contributed by atoms with Crippen molar-refractivity contribution in [3.8, 4) is 0 Å². The lowest BCUT2D eigenvalue weighted by molar-refractivity contribution is -0.141. The van der Waals surface area contributed by atoms with Crippen LogP contribution in [0.15, 0.2) is 21.1 Å². The fraction of sp³-hybridized carbons (Fsp3) is 0.413. The van der Waals surface area contributed by atoms with Crippen molar-refractivity contribution in [1.82, 2.24) is 19.9 Å². The van der Waals surface area contributed by atoms with Crippen LogP contribution in [0.4, 0.5) is 0 Å². The molecule has 18 nitrogen and oxygen atoms in total. The van der Waals surface area contributed by atoms with Crippen molar-refractivity contribution in [1.29, 1.82) is 0 Å². The number of esters is 7. The number of rotatable bonds is 18. The van der Waals surface area contributed by atoms with Crippen LogP contribution < -0.4 is 0 Å². The molecule has 2 N–H and O–H groups in total. The maximum absolute atomic E-state index is 13.2. The van der Waals surface area contributed by atoms with Gasteiger partial charge in [0.1, 0.15) is 0 Å². The van der Waals surface area contributed by atoms with E-state index in [1.807, 2.05) is 6.92 Å². The van der Waals surface area contributed by atoms with E-state index in [0.717, 1.165) is 0 Å². The summed E-state index contributed by atoms with van der Waals surface area (Å²) in [7, 11) is 8.85. The Morgan fingerprint density at radius 2 is 0.879 bits per heavy atom. The maximum Gasteiger partial charge on any atom is 0.310 e. The Bertz CT molecular complexity index is 2710. The highest BCUT2D eigenvalue weighted by Gasteiger charge is 2.31. The molecule has 0 amide bonds. The lowest BCUT2D eigenvalue weighted by Gasteiger charge is -2.09. The molecule has 0 saturated carbocycles. The van der Waals surface area contributed by atoms with E-state index in [0.29, 0.717) is 98.3 Å². The third kappa shape index (κ3) is 11.4. The number of aromatic nitrogens is 4. The van der Waals surface area contributed by atoms with Crippen LogP contribution in [-0.2, 0) is 92.4 Å². The molecule has 5 rings (SSSR count). The quantitative estimate of drug-likeness (QED) is 0.0984. The zero-order chi connectivity index (χ0) is 48.4. The van der Waals surface area contributed by atoms with Crippen molar-refractivity contribution < 1.29 is 66.7 Å². The molecule has 20 heteroatoms. The number of halogens is 2. The number of hydrogen-bond donors (Lipinski definition) is 2. The second-order valence-electron chi connectivity index (χ2n) is 15.0. The Labute approximate surface area is 396 Å². The molecule has 0 atom stereocenters. The summed E-state index contributed by atoms with van der Waals surface area (Å²) in [4.78, 5) is 108. The number of allylic oxidation sites excluding steroid dienone is 3. The lowest BCUT2D eigenvalue weighted by atomic mass is 9.96. The molecular formula is C46H50Br2N4O14. The van der Waals surface area contributed by atoms with Gasteiger partial charge in [-0.25, -0.2) is 9.97 Å². The highest BCUT2D eigenvalue weighted by atomic mass is 79.9. The van der Waals surface area contributed by atoms with Gasteiger partial charge in [-0.15, -0.1) is 0 Å². The van der Waals surface area contributed by atoms with Gasteiger partial charge in [0.25, 0.3) is 0 Å². The third-order valence-electron chi connectivity index (χ3n) is 11.3. The Morgan fingerprint density at radius 1 is 0.455 bits per heavy atom. The van der Waals surface area contributed by atoms with Crippen molar-refractivity contribution in [2.24, 2.45) is 0 Å². The minimum Gasteiger partial charge on any atom is -0.469 e. The SMILES string of the molecule is COC(=O)CCC1=C(CC(=O)OC)c2cc3[nH]c(cc4[nH]c(c(Br)c5nc(c(Br)c1n2)C(C)=C5CCC(=O)OC)c(CC(=O)OC)c4CCC(=O)OC)c(CC(=O)OC)c3CCC(=O)OC. The van der Waals surface area contributed by atoms with Crippen LogP contribution in [0.2, 0.25) is 0 Å². The van der Waals surface area contributed by atoms with Crippen LogP contribution in [0.25, 0.3) is 44.4 Å². The predicted octanol–water partition coefficient (Wildman–Crippen LogP) is 6.79. The number of nitrogens with one attached hydrogen (secondary N) is 2. The number of H-pyrrole nitrogens is 2. The van der Waals surface area contributed by atoms with Gasteiger partial charge in [0.05, 0.1) is 106 Å². The molecule has 0 fully saturated rings. The van der Waals surface area contributed by atoms with Gasteiger partial charge in [-0.1, -0.05) is 0 Å². The molecule has 0 unspecified atom stereocenters. The van der Waals surface area contributed by atoms with Crippen molar-refractivity contribution in [3.05, 3.63) is 66.1 Å². The van der Waals surface area contributed by atoms with Crippen LogP contribution in [0.1, 0.15) is 96.9 Å². The minimum atomic E-state index is -0.600. The second-order valence-corrected chi connectivity index (χ2v) is 16.6. The number of aryl methyl sites for hydroxylation is 2. The van der Waals surface area contributed by atoms with E-state index < -0.39 is 41.8 Å². The van der Waals surface area contributed by atoms with E-state index in [-0.39, 0.29) is 70.6 Å². The van der Waals surface area contributed by atoms with Crippen molar-refractivity contribution in [3.63, 3.8) is 0 Å². The third-order valence-corrected chi connectivity index (χ3v) is 12.9. The monoisotopic (exact) mass is 1040 g/mol. The molecule has 8 bridgehead atoms. The summed E-state index contributed by atoms with van der Waals surface area (Å²) in [5.74, 6) is -3.80. The van der Waals surface area contributed by atoms with Gasteiger partial charge in [0.15, 0.2) is 0 Å². The van der Waals surface area contributed by atoms with Gasteiger partial charge in [0, 0.05) is 42.2 Å². The first kappa shape index (κ1) is 50.8. The average molecular weight is 1040 g/mol. The van der Waals surface area contributed by atoms with Gasteiger partial charge in [-0.2, -0.15) is 0 Å². The number of hydrogen-bond acceptors (Lipinski definition) is 16. The van der Waals surface area contributed by atoms with E-state index >= 15 is 0 Å². The first-order valence-corrected chi connectivity index (χ1v) is 22.2. The van der Waals surface area contributed by atoms with Crippen molar-refractivity contribution in [2.75, 3.05) is 49.8 Å². The summed E-state index contributed by atoms with van der Waals surface area (Å²) in [6, 6.07) is 3.41. The molecule has 0 spiro atoms. The first-order valence-electron chi connectivity index (χ1n) is 20.6. The molecule has 0 saturated heterocycles. The summed E-state index contributed by atoms with van der Waals surface area (Å²) in [5, 5.41) is 0. The number of carbonyl (C=O) groups excluding carboxylic acids is 7. The van der Waals surface area contributed by atoms with E-state index in [4.69, 9.17) is 43.1 Å². The van der Waals surface area contributed by atoms with Gasteiger partial charge < -0.3 is 43.1 Å². The zero-order valence-corrected chi connectivity index (χ0v) is 41.0. The van der Waals surface area contributed by atoms with Crippen LogP contribution in [-0.4, -0.2) is 111 Å². The number of aromatic amines is 2. The first-order chi connectivity index (χ1) is 31.5. The largest absolute Gasteiger partial charge is 0.469 e. The molecule has 0 aliphatic carbocycles. The normalized spacial score (nSPS) is 12.2. The minimum absolute atomic E-state index is 0.0197. The molecule has 3 aromatic rings. The fourth-order valence-electron chi connectivity index (χ4n) is 7.83. The number of fused-ring (bicyclic) bond motifs is 8. The maximum atomic E-state index is 13.2. The molecule has 0 radical (unpaired) electrons. The Morgan fingerprint density at radius 3 is 1.41 bits per heavy atom. The predicted molar refractivity (Wildman–Crippen MR) is 247 cm³/mol. The summed E-state index contributed by atoms with van der Waals surface area (Å²) >= 11 is 7.63. The number of ether oxygens (including phenoxy) is 7. The van der Waals surface area contributed by atoms with E-state index in [9.17, 15) is 33.6 Å². The molecule has 66 heavy (non-hydrogen) atoms. The molecule has 2 aliphatic heterocycles. The van der Waals surface area contributed by atoms with Gasteiger partial charge in [0.2, 0.25) is 0 Å². The van der Waals surface area contributed by atoms with Gasteiger partial charge in [-0.05, 0) is 121 Å². The van der Waals surface area contributed by atoms with E-state index in [2.05, 4.69) is 41.8 Å². The average Bonchev–Trinajstić information content (AvgIpc) is 4.04. The van der Waals surface area contributed by atoms with Gasteiger partial charge in [-0.3, -0.25) is 33.6 Å². The lowest BCUT2D eigenvalue weighted by Crippen LogP contribution is -2.08. The second kappa shape index (κ2) is 22.8. The number of carbonyl (C=O) groups is 7. The summed E-state index contributed by atoms with van der Waals surface area (Å²) in [6.07, 6.45) is -0.659. The number of nitrogens with zero attached hydrogens (tertiary/aromatic N) is 2. The Hall–Kier alpha value is -6.15. The number of methoxy groups -OCH3 is 7. The molecule has 5 heterocycles. The fourth-order valence-corrected chi connectivity index (χ4v) is 9.21. The van der Waals surface area contributed by atoms with Gasteiger partial charge >= 0.3 is 41.8 Å².